The van der Waals surface area contributed by atoms with E-state index in [1.807, 2.05) is 58.7 Å². The van der Waals surface area contributed by atoms with Crippen LogP contribution in [0.2, 0.25) is 0 Å². The lowest BCUT2D eigenvalue weighted by Gasteiger charge is -2.22. The van der Waals surface area contributed by atoms with Gasteiger partial charge in [-0.3, -0.25) is 9.20 Å². The third kappa shape index (κ3) is 4.40. The molecule has 1 unspecified atom stereocenters. The Balaban J connectivity index is 1.56. The van der Waals surface area contributed by atoms with Crippen LogP contribution in [0.3, 0.4) is 0 Å². The van der Waals surface area contributed by atoms with Crippen molar-refractivity contribution in [2.24, 2.45) is 5.92 Å². The molecule has 0 radical (unpaired) electrons. The molecular formula is C22H25N5OS. The summed E-state index contributed by atoms with van der Waals surface area (Å²) in [6.45, 7) is 4.30. The molecular weight excluding hydrogens is 382 g/mol. The van der Waals surface area contributed by atoms with Crippen molar-refractivity contribution in [1.29, 1.82) is 0 Å². The molecule has 29 heavy (non-hydrogen) atoms. The van der Waals surface area contributed by atoms with Crippen LogP contribution in [0, 0.1) is 5.92 Å². The van der Waals surface area contributed by atoms with Crippen molar-refractivity contribution in [2.45, 2.75) is 38.8 Å². The van der Waals surface area contributed by atoms with Gasteiger partial charge < -0.3 is 9.88 Å². The van der Waals surface area contributed by atoms with Crippen molar-refractivity contribution < 1.29 is 4.79 Å². The van der Waals surface area contributed by atoms with Crippen LogP contribution >= 0.6 is 11.3 Å². The van der Waals surface area contributed by atoms with Crippen molar-refractivity contribution in [3.8, 4) is 0 Å². The second-order valence-electron chi connectivity index (χ2n) is 7.64. The van der Waals surface area contributed by atoms with Gasteiger partial charge in [-0.2, -0.15) is 11.3 Å². The number of nitrogens with zero attached hydrogens (tertiary/aromatic N) is 4. The molecule has 4 aromatic heterocycles. The van der Waals surface area contributed by atoms with E-state index in [1.165, 1.54) is 0 Å². The summed E-state index contributed by atoms with van der Waals surface area (Å²) in [5, 5.41) is 16.0. The number of hydrogen-bond acceptors (Lipinski definition) is 4. The molecule has 4 aromatic rings. The topological polar surface area (TPSA) is 64.2 Å². The van der Waals surface area contributed by atoms with E-state index in [0.29, 0.717) is 12.3 Å². The van der Waals surface area contributed by atoms with E-state index in [-0.39, 0.29) is 18.0 Å². The highest BCUT2D eigenvalue weighted by Gasteiger charge is 2.24. The van der Waals surface area contributed by atoms with E-state index < -0.39 is 0 Å². The monoisotopic (exact) mass is 407 g/mol. The lowest BCUT2D eigenvalue weighted by Crippen LogP contribution is -2.32. The Morgan fingerprint density at radius 2 is 1.90 bits per heavy atom. The maximum absolute atomic E-state index is 13.1. The number of carbonyl (C=O) groups is 1. The number of hydrogen-bond donors (Lipinski definition) is 1. The average Bonchev–Trinajstić information content (AvgIpc) is 3.47. The normalized spacial score (nSPS) is 13.6. The van der Waals surface area contributed by atoms with Crippen LogP contribution in [-0.4, -0.2) is 25.1 Å². The highest BCUT2D eigenvalue weighted by molar-refractivity contribution is 7.08. The fourth-order valence-corrected chi connectivity index (χ4v) is 4.35. The summed E-state index contributed by atoms with van der Waals surface area (Å²) in [5.74, 6) is 1.19. The molecule has 0 aliphatic carbocycles. The van der Waals surface area contributed by atoms with Gasteiger partial charge >= 0.3 is 0 Å². The number of rotatable bonds is 8. The zero-order valence-electron chi connectivity index (χ0n) is 16.6. The Morgan fingerprint density at radius 1 is 1.10 bits per heavy atom. The summed E-state index contributed by atoms with van der Waals surface area (Å²) in [4.78, 5) is 13.1. The molecule has 150 valence electrons. The molecule has 7 heteroatoms. The van der Waals surface area contributed by atoms with E-state index in [4.69, 9.17) is 0 Å². The third-order valence-electron chi connectivity index (χ3n) is 4.99. The van der Waals surface area contributed by atoms with Gasteiger partial charge in [0.1, 0.15) is 0 Å². The first-order valence-electron chi connectivity index (χ1n) is 9.85. The first-order valence-corrected chi connectivity index (χ1v) is 10.8. The standard InChI is InChI=1S/C22H25N5OS/c1-16(2)13-18(22-25-24-20-7-3-4-11-27(20)22)23-21(28)14-19(17-8-12-29-15-17)26-9-5-6-10-26/h3-12,15-16,18-19H,13-14H2,1-2H3,(H,23,28)/t18-,19?/m1/s1. The zero-order chi connectivity index (χ0) is 20.2. The molecule has 4 heterocycles. The van der Waals surface area contributed by atoms with Gasteiger partial charge in [0.2, 0.25) is 5.91 Å². The van der Waals surface area contributed by atoms with E-state index >= 15 is 0 Å². The third-order valence-corrected chi connectivity index (χ3v) is 5.69. The molecule has 1 amide bonds. The number of carbonyl (C=O) groups excluding carboxylic acids is 1. The Labute approximate surface area is 174 Å². The maximum Gasteiger partial charge on any atom is 0.223 e. The molecule has 1 N–H and O–H groups in total. The fourth-order valence-electron chi connectivity index (χ4n) is 3.64. The summed E-state index contributed by atoms with van der Waals surface area (Å²) in [7, 11) is 0. The van der Waals surface area contributed by atoms with Gasteiger partial charge in [-0.15, -0.1) is 10.2 Å². The highest BCUT2D eigenvalue weighted by Crippen LogP contribution is 2.26. The van der Waals surface area contributed by atoms with Crippen molar-refractivity contribution in [3.05, 3.63) is 77.1 Å². The molecule has 0 bridgehead atoms. The lowest BCUT2D eigenvalue weighted by atomic mass is 10.0. The number of aromatic nitrogens is 4. The van der Waals surface area contributed by atoms with Crippen LogP contribution in [0.25, 0.3) is 5.65 Å². The fraction of sp³-hybridized carbons (Fsp3) is 0.318. The molecule has 6 nitrogen and oxygen atoms in total. The molecule has 0 fully saturated rings. The average molecular weight is 408 g/mol. The van der Waals surface area contributed by atoms with Gasteiger partial charge in [0.25, 0.3) is 0 Å². The van der Waals surface area contributed by atoms with Crippen LogP contribution in [0.4, 0.5) is 0 Å². The molecule has 4 rings (SSSR count). The van der Waals surface area contributed by atoms with Crippen molar-refractivity contribution in [1.82, 2.24) is 24.5 Å². The number of amides is 1. The van der Waals surface area contributed by atoms with Crippen molar-refractivity contribution in [3.63, 3.8) is 0 Å². The summed E-state index contributed by atoms with van der Waals surface area (Å²) >= 11 is 1.65. The minimum Gasteiger partial charge on any atom is -0.346 e. The second kappa shape index (κ2) is 8.61. The summed E-state index contributed by atoms with van der Waals surface area (Å²) in [6.07, 6.45) is 7.13. The molecule has 0 aliphatic rings. The minimum absolute atomic E-state index is 0.00762. The van der Waals surface area contributed by atoms with Crippen LogP contribution in [-0.2, 0) is 4.79 Å². The van der Waals surface area contributed by atoms with E-state index in [2.05, 4.69) is 45.4 Å². The zero-order valence-corrected chi connectivity index (χ0v) is 17.4. The quantitative estimate of drug-likeness (QED) is 0.468. The highest BCUT2D eigenvalue weighted by atomic mass is 32.1. The summed E-state index contributed by atoms with van der Waals surface area (Å²) in [5.41, 5.74) is 1.93. The second-order valence-corrected chi connectivity index (χ2v) is 8.42. The van der Waals surface area contributed by atoms with Gasteiger partial charge in [-0.1, -0.05) is 19.9 Å². The van der Waals surface area contributed by atoms with Crippen LogP contribution in [0.1, 0.15) is 50.2 Å². The first kappa shape index (κ1) is 19.4. The summed E-state index contributed by atoms with van der Waals surface area (Å²) < 4.78 is 4.04. The first-order chi connectivity index (χ1) is 14.1. The van der Waals surface area contributed by atoms with E-state index in [9.17, 15) is 4.79 Å². The lowest BCUT2D eigenvalue weighted by molar-refractivity contribution is -0.122. The Kier molecular flexibility index (Phi) is 5.76. The largest absolute Gasteiger partial charge is 0.346 e. The predicted octanol–water partition coefficient (Wildman–Crippen LogP) is 4.48. The van der Waals surface area contributed by atoms with Gasteiger partial charge in [0, 0.05) is 18.6 Å². The SMILES string of the molecule is CC(C)C[C@@H](NC(=O)CC(c1ccsc1)n1cccc1)c1nnc2ccccn12. The Morgan fingerprint density at radius 3 is 2.62 bits per heavy atom. The molecule has 0 spiro atoms. The molecule has 0 aliphatic heterocycles. The molecule has 2 atom stereocenters. The molecule has 0 aromatic carbocycles. The van der Waals surface area contributed by atoms with Crippen LogP contribution < -0.4 is 5.32 Å². The van der Waals surface area contributed by atoms with Gasteiger partial charge in [-0.25, -0.2) is 0 Å². The van der Waals surface area contributed by atoms with Crippen LogP contribution in [0.15, 0.2) is 65.7 Å². The number of nitrogens with one attached hydrogen (secondary N) is 1. The summed E-state index contributed by atoms with van der Waals surface area (Å²) in [6, 6.07) is 11.7. The van der Waals surface area contributed by atoms with E-state index in [0.717, 1.165) is 23.5 Å². The minimum atomic E-state index is -0.187. The van der Waals surface area contributed by atoms with Gasteiger partial charge in [0.15, 0.2) is 11.5 Å². The number of fused-ring (bicyclic) bond motifs is 1. The Bertz CT molecular complexity index is 1020. The van der Waals surface area contributed by atoms with E-state index in [1.54, 1.807) is 11.3 Å². The predicted molar refractivity (Wildman–Crippen MR) is 115 cm³/mol. The Hall–Kier alpha value is -2.93. The van der Waals surface area contributed by atoms with Gasteiger partial charge in [0.05, 0.1) is 18.5 Å². The number of pyridine rings is 1. The van der Waals surface area contributed by atoms with Crippen LogP contribution in [0.5, 0.6) is 0 Å². The molecule has 0 saturated carbocycles. The molecule has 0 saturated heterocycles. The van der Waals surface area contributed by atoms with Crippen molar-refractivity contribution in [2.75, 3.05) is 0 Å². The van der Waals surface area contributed by atoms with Gasteiger partial charge in [-0.05, 0) is 59.0 Å². The maximum atomic E-state index is 13.1. The smallest absolute Gasteiger partial charge is 0.223 e. The number of thiophene rings is 1. The van der Waals surface area contributed by atoms with Crippen molar-refractivity contribution >= 4 is 22.9 Å².